The monoisotopic (exact) mass is 603 g/mol. The predicted molar refractivity (Wildman–Crippen MR) is 169 cm³/mol. The first kappa shape index (κ1) is 28.1. The average molecular weight is 604 g/mol. The van der Waals surface area contributed by atoms with Gasteiger partial charge in [-0.05, 0) is 47.0 Å². The van der Waals surface area contributed by atoms with Crippen LogP contribution in [0.25, 0.3) is 6.08 Å². The molecule has 1 unspecified atom stereocenters. The fourth-order valence-corrected chi connectivity index (χ4v) is 6.47. The van der Waals surface area contributed by atoms with Crippen LogP contribution in [0.2, 0.25) is 0 Å². The molecule has 0 saturated heterocycles. The lowest BCUT2D eigenvalue weighted by Gasteiger charge is -2.24. The Morgan fingerprint density at radius 1 is 0.884 bits per heavy atom. The van der Waals surface area contributed by atoms with Crippen LogP contribution in [0, 0.1) is 0 Å². The third kappa shape index (κ3) is 6.43. The number of allylic oxidation sites excluding steroid dienone is 1. The molecule has 0 fully saturated rings. The van der Waals surface area contributed by atoms with Crippen molar-refractivity contribution in [2.45, 2.75) is 16.1 Å². The minimum atomic E-state index is -0.945. The van der Waals surface area contributed by atoms with Crippen LogP contribution in [-0.4, -0.2) is 27.0 Å². The van der Waals surface area contributed by atoms with E-state index in [1.165, 1.54) is 34.1 Å². The summed E-state index contributed by atoms with van der Waals surface area (Å²) in [4.78, 5) is 28.5. The molecule has 0 saturated carbocycles. The van der Waals surface area contributed by atoms with E-state index < -0.39 is 23.5 Å². The molecule has 0 bridgehead atoms. The number of anilines is 1. The molecule has 1 amide bonds. The molecule has 1 atom stereocenters. The van der Waals surface area contributed by atoms with Gasteiger partial charge < -0.3 is 9.84 Å². The highest BCUT2D eigenvalue weighted by atomic mass is 32.2. The van der Waals surface area contributed by atoms with Gasteiger partial charge in [-0.1, -0.05) is 120 Å². The van der Waals surface area contributed by atoms with Crippen LogP contribution < -0.4 is 9.64 Å². The minimum absolute atomic E-state index is 0.0391. The topological polar surface area (TPSA) is 92.6 Å². The van der Waals surface area contributed by atoms with Gasteiger partial charge in [0.05, 0.1) is 11.6 Å². The van der Waals surface area contributed by atoms with Crippen molar-refractivity contribution in [3.05, 3.63) is 149 Å². The lowest BCUT2D eigenvalue weighted by molar-refractivity contribution is -0.117. The van der Waals surface area contributed by atoms with E-state index in [9.17, 15) is 14.7 Å². The summed E-state index contributed by atoms with van der Waals surface area (Å²) in [6, 6.07) is 34.8. The zero-order valence-corrected chi connectivity index (χ0v) is 24.4. The average Bonchev–Trinajstić information content (AvgIpc) is 3.62. The summed E-state index contributed by atoms with van der Waals surface area (Å²) in [6.45, 7) is 0. The van der Waals surface area contributed by atoms with Crippen molar-refractivity contribution in [1.29, 1.82) is 0 Å². The first-order valence-corrected chi connectivity index (χ1v) is 15.2. The summed E-state index contributed by atoms with van der Waals surface area (Å²) in [7, 11) is 0. The molecular formula is C34H25N3O4S2. The number of ether oxygens (including phenoxy) is 1. The largest absolute Gasteiger partial charge is 0.503 e. The molecule has 9 heteroatoms. The first-order chi connectivity index (χ1) is 21.1. The fourth-order valence-electron chi connectivity index (χ4n) is 4.65. The molecule has 1 aliphatic heterocycles. The summed E-state index contributed by atoms with van der Waals surface area (Å²) in [6.07, 6.45) is 3.03. The molecule has 7 nitrogen and oxygen atoms in total. The normalized spacial score (nSPS) is 14.9. The predicted octanol–water partition coefficient (Wildman–Crippen LogP) is 7.81. The third-order valence-electron chi connectivity index (χ3n) is 6.66. The van der Waals surface area contributed by atoms with Gasteiger partial charge in [-0.3, -0.25) is 14.5 Å². The number of rotatable bonds is 10. The van der Waals surface area contributed by atoms with Crippen LogP contribution >= 0.6 is 23.1 Å². The van der Waals surface area contributed by atoms with E-state index in [1.54, 1.807) is 30.3 Å². The highest BCUT2D eigenvalue weighted by Gasteiger charge is 2.45. The van der Waals surface area contributed by atoms with E-state index in [-0.39, 0.29) is 10.7 Å². The molecular weight excluding hydrogens is 579 g/mol. The quantitative estimate of drug-likeness (QED) is 0.0989. The molecule has 212 valence electrons. The number of hydrogen-bond donors (Lipinski definition) is 1. The van der Waals surface area contributed by atoms with Gasteiger partial charge in [-0.25, -0.2) is 0 Å². The highest BCUT2D eigenvalue weighted by Crippen LogP contribution is 2.44. The number of hydrogen-bond acceptors (Lipinski definition) is 8. The number of nitrogens with zero attached hydrogens (tertiary/aromatic N) is 3. The molecule has 1 aliphatic rings. The Morgan fingerprint density at radius 3 is 2.30 bits per heavy atom. The summed E-state index contributed by atoms with van der Waals surface area (Å²) < 4.78 is 6.70. The number of carbonyl (C=O) groups excluding carboxylic acids is 2. The maximum atomic E-state index is 13.6. The molecule has 0 aliphatic carbocycles. The van der Waals surface area contributed by atoms with E-state index in [2.05, 4.69) is 10.2 Å². The minimum Gasteiger partial charge on any atom is -0.503 e. The van der Waals surface area contributed by atoms with Crippen LogP contribution in [-0.2, 0) is 15.3 Å². The van der Waals surface area contributed by atoms with Gasteiger partial charge >= 0.3 is 0 Å². The molecule has 1 aromatic heterocycles. The zero-order valence-electron chi connectivity index (χ0n) is 22.7. The van der Waals surface area contributed by atoms with E-state index >= 15 is 0 Å². The van der Waals surface area contributed by atoms with Crippen molar-refractivity contribution in [2.24, 2.45) is 0 Å². The van der Waals surface area contributed by atoms with E-state index in [0.717, 1.165) is 11.1 Å². The number of amides is 1. The number of thioether (sulfide) groups is 1. The van der Waals surface area contributed by atoms with Gasteiger partial charge in [0.1, 0.15) is 11.5 Å². The van der Waals surface area contributed by atoms with E-state index in [4.69, 9.17) is 4.74 Å². The Kier molecular flexibility index (Phi) is 8.44. The molecule has 0 radical (unpaired) electrons. The van der Waals surface area contributed by atoms with E-state index in [0.29, 0.717) is 27.2 Å². The Morgan fingerprint density at radius 2 is 1.56 bits per heavy atom. The number of benzene rings is 4. The van der Waals surface area contributed by atoms with Gasteiger partial charge in [-0.2, -0.15) is 0 Å². The second-order valence-electron chi connectivity index (χ2n) is 9.56. The summed E-state index contributed by atoms with van der Waals surface area (Å²) in [5.41, 5.74) is 2.49. The Bertz CT molecular complexity index is 1810. The smallest absolute Gasteiger partial charge is 0.296 e. The van der Waals surface area contributed by atoms with Gasteiger partial charge in [-0.15, -0.1) is 10.2 Å². The molecule has 4 aromatic carbocycles. The zero-order chi connectivity index (χ0) is 29.6. The number of aromatic nitrogens is 2. The van der Waals surface area contributed by atoms with Crippen molar-refractivity contribution >= 4 is 46.0 Å². The maximum absolute atomic E-state index is 13.6. The van der Waals surface area contributed by atoms with Crippen molar-refractivity contribution in [3.63, 3.8) is 0 Å². The molecule has 5 aromatic rings. The summed E-state index contributed by atoms with van der Waals surface area (Å²) in [5.74, 6) is 0.0276. The van der Waals surface area contributed by atoms with E-state index in [1.807, 2.05) is 91.0 Å². The third-order valence-corrected chi connectivity index (χ3v) is 8.79. The molecule has 0 spiro atoms. The van der Waals surface area contributed by atoms with Crippen LogP contribution in [0.15, 0.2) is 137 Å². The molecule has 2 heterocycles. The first-order valence-electron chi connectivity index (χ1n) is 13.4. The summed E-state index contributed by atoms with van der Waals surface area (Å²) >= 11 is 2.73. The second-order valence-corrected chi connectivity index (χ2v) is 11.7. The summed E-state index contributed by atoms with van der Waals surface area (Å²) in [5, 5.41) is 20.0. The Labute approximate surface area is 256 Å². The standard InChI is InChI=1S/C34H25N3O4S2/c38-28(20-19-23-11-4-1-5-12-23)29-30(25-15-10-18-27(21-25)41-26-16-8-3-9-17-26)37(32(40)31(29)39)33-35-36-34(43-33)42-22-24-13-6-2-7-14-24/h1-21,30,39H,22H2/b20-19+. The van der Waals surface area contributed by atoms with Crippen LogP contribution in [0.3, 0.4) is 0 Å². The number of aliphatic hydroxyl groups is 1. The number of carbonyl (C=O) groups is 2. The maximum Gasteiger partial charge on any atom is 0.296 e. The van der Waals surface area contributed by atoms with Gasteiger partial charge in [0, 0.05) is 5.75 Å². The number of ketones is 1. The second kappa shape index (κ2) is 12.9. The van der Waals surface area contributed by atoms with Crippen LogP contribution in [0.5, 0.6) is 11.5 Å². The van der Waals surface area contributed by atoms with Crippen molar-refractivity contribution in [1.82, 2.24) is 10.2 Å². The lowest BCUT2D eigenvalue weighted by Crippen LogP contribution is -2.30. The number of aliphatic hydroxyl groups excluding tert-OH is 1. The van der Waals surface area contributed by atoms with Crippen LogP contribution in [0.1, 0.15) is 22.7 Å². The van der Waals surface area contributed by atoms with Crippen LogP contribution in [0.4, 0.5) is 5.13 Å². The van der Waals surface area contributed by atoms with Gasteiger partial charge in [0.15, 0.2) is 15.9 Å². The van der Waals surface area contributed by atoms with Gasteiger partial charge in [0.25, 0.3) is 5.91 Å². The lowest BCUT2D eigenvalue weighted by atomic mass is 9.95. The SMILES string of the molecule is O=C(/C=C/c1ccccc1)C1=C(O)C(=O)N(c2nnc(SCc3ccccc3)s2)C1c1cccc(Oc2ccccc2)c1. The van der Waals surface area contributed by atoms with Crippen molar-refractivity contribution in [3.8, 4) is 11.5 Å². The molecule has 1 N–H and O–H groups in total. The Balaban J connectivity index is 1.34. The number of para-hydroxylation sites is 1. The Hall–Kier alpha value is -4.99. The van der Waals surface area contributed by atoms with Crippen molar-refractivity contribution in [2.75, 3.05) is 4.90 Å². The fraction of sp³-hybridized carbons (Fsp3) is 0.0588. The highest BCUT2D eigenvalue weighted by molar-refractivity contribution is 8.00. The van der Waals surface area contributed by atoms with Gasteiger partial charge in [0.2, 0.25) is 5.13 Å². The molecule has 6 rings (SSSR count). The molecule has 43 heavy (non-hydrogen) atoms. The van der Waals surface area contributed by atoms with Crippen molar-refractivity contribution < 1.29 is 19.4 Å².